The van der Waals surface area contributed by atoms with E-state index in [1.165, 1.54) is 5.69 Å². The molecule has 5 heteroatoms. The molecule has 1 aliphatic carbocycles. The van der Waals surface area contributed by atoms with E-state index in [-0.39, 0.29) is 6.10 Å². The maximum Gasteiger partial charge on any atom is 0.235 e. The van der Waals surface area contributed by atoms with Crippen molar-refractivity contribution in [2.45, 2.75) is 38.7 Å². The molecule has 0 amide bonds. The van der Waals surface area contributed by atoms with Crippen molar-refractivity contribution in [3.63, 3.8) is 0 Å². The Bertz CT molecular complexity index is 532. The zero-order valence-corrected chi connectivity index (χ0v) is 10.6. The number of ether oxygens (including phenoxy) is 1. The smallest absolute Gasteiger partial charge is 0.235 e. The van der Waals surface area contributed by atoms with Crippen molar-refractivity contribution in [1.82, 2.24) is 20.2 Å². The number of aromatic amines is 1. The summed E-state index contributed by atoms with van der Waals surface area (Å²) in [6.45, 7) is 3.85. The molecule has 2 aromatic rings. The minimum Gasteiger partial charge on any atom is -0.473 e. The van der Waals surface area contributed by atoms with Crippen LogP contribution in [-0.2, 0) is 0 Å². The van der Waals surface area contributed by atoms with Gasteiger partial charge in [0.05, 0.1) is 11.4 Å². The highest BCUT2D eigenvalue weighted by atomic mass is 16.5. The molecule has 0 saturated heterocycles. The van der Waals surface area contributed by atoms with Crippen molar-refractivity contribution in [3.05, 3.63) is 35.5 Å². The van der Waals surface area contributed by atoms with E-state index < -0.39 is 0 Å². The first-order chi connectivity index (χ1) is 8.72. The van der Waals surface area contributed by atoms with Crippen LogP contribution in [0.25, 0.3) is 0 Å². The van der Waals surface area contributed by atoms with Crippen LogP contribution < -0.4 is 4.74 Å². The maximum atomic E-state index is 5.88. The molecule has 1 aliphatic rings. The molecule has 1 fully saturated rings. The molecule has 0 spiro atoms. The molecule has 2 heterocycles. The van der Waals surface area contributed by atoms with Crippen molar-refractivity contribution in [2.75, 3.05) is 0 Å². The van der Waals surface area contributed by atoms with Crippen molar-refractivity contribution in [3.8, 4) is 5.88 Å². The summed E-state index contributed by atoms with van der Waals surface area (Å²) in [5.74, 6) is 1.21. The summed E-state index contributed by atoms with van der Waals surface area (Å²) in [4.78, 5) is 8.63. The zero-order chi connectivity index (χ0) is 12.5. The monoisotopic (exact) mass is 244 g/mol. The molecule has 5 nitrogen and oxygen atoms in total. The van der Waals surface area contributed by atoms with Gasteiger partial charge in [-0.1, -0.05) is 0 Å². The molecule has 1 saturated carbocycles. The van der Waals surface area contributed by atoms with Gasteiger partial charge in [0.15, 0.2) is 0 Å². The van der Waals surface area contributed by atoms with E-state index in [0.717, 1.165) is 24.2 Å². The van der Waals surface area contributed by atoms with Gasteiger partial charge in [-0.3, -0.25) is 10.1 Å². The summed E-state index contributed by atoms with van der Waals surface area (Å²) < 4.78 is 5.88. The molecular formula is C13H16N4O. The van der Waals surface area contributed by atoms with Crippen LogP contribution in [0.15, 0.2) is 18.5 Å². The number of rotatable bonds is 3. The highest BCUT2D eigenvalue weighted by molar-refractivity contribution is 5.20. The Hall–Kier alpha value is -1.91. The Balaban J connectivity index is 1.61. The number of hydrogen-bond donors (Lipinski definition) is 1. The summed E-state index contributed by atoms with van der Waals surface area (Å²) >= 11 is 0. The summed E-state index contributed by atoms with van der Waals surface area (Å²) in [6, 6.07) is 2.03. The van der Waals surface area contributed by atoms with Crippen LogP contribution in [0.3, 0.4) is 0 Å². The number of aromatic nitrogens is 4. The highest BCUT2D eigenvalue weighted by Crippen LogP contribution is 2.38. The lowest BCUT2D eigenvalue weighted by molar-refractivity contribution is 0.0905. The Morgan fingerprint density at radius 1 is 1.33 bits per heavy atom. The number of H-pyrrole nitrogens is 1. The number of nitrogens with one attached hydrogen (secondary N) is 1. The van der Waals surface area contributed by atoms with Crippen LogP contribution >= 0.6 is 0 Å². The van der Waals surface area contributed by atoms with Crippen molar-refractivity contribution in [1.29, 1.82) is 0 Å². The molecule has 0 bridgehead atoms. The normalized spacial score (nSPS) is 22.6. The van der Waals surface area contributed by atoms with Gasteiger partial charge in [-0.15, -0.1) is 0 Å². The van der Waals surface area contributed by atoms with Crippen LogP contribution in [0.2, 0.25) is 0 Å². The van der Waals surface area contributed by atoms with Gasteiger partial charge in [0.1, 0.15) is 6.10 Å². The molecule has 94 valence electrons. The van der Waals surface area contributed by atoms with Crippen LogP contribution in [0.1, 0.15) is 35.8 Å². The first-order valence-electron chi connectivity index (χ1n) is 6.18. The van der Waals surface area contributed by atoms with E-state index in [1.54, 1.807) is 12.4 Å². The number of aryl methyl sites for hydroxylation is 2. The second kappa shape index (κ2) is 4.40. The minimum absolute atomic E-state index is 0.244. The van der Waals surface area contributed by atoms with Gasteiger partial charge in [0.2, 0.25) is 5.88 Å². The molecule has 1 N–H and O–H groups in total. The lowest BCUT2D eigenvalue weighted by atomic mass is 9.80. The van der Waals surface area contributed by atoms with Gasteiger partial charge in [0, 0.05) is 24.0 Å². The maximum absolute atomic E-state index is 5.88. The van der Waals surface area contributed by atoms with E-state index in [2.05, 4.69) is 20.2 Å². The average Bonchev–Trinajstić information content (AvgIpc) is 2.80. The predicted octanol–water partition coefficient (Wildman–Crippen LogP) is 2.14. The molecule has 18 heavy (non-hydrogen) atoms. The molecule has 0 aromatic carbocycles. The number of nitrogens with zero attached hydrogens (tertiary/aromatic N) is 3. The first-order valence-corrected chi connectivity index (χ1v) is 6.18. The molecule has 0 atom stereocenters. The van der Waals surface area contributed by atoms with Crippen LogP contribution in [0.4, 0.5) is 0 Å². The Kier molecular flexibility index (Phi) is 2.74. The summed E-state index contributed by atoms with van der Waals surface area (Å²) in [5.41, 5.74) is 2.94. The fourth-order valence-corrected chi connectivity index (χ4v) is 2.19. The van der Waals surface area contributed by atoms with Crippen LogP contribution in [0, 0.1) is 13.8 Å². The summed E-state index contributed by atoms with van der Waals surface area (Å²) in [7, 11) is 0. The third-order valence-corrected chi connectivity index (χ3v) is 3.37. The van der Waals surface area contributed by atoms with E-state index in [4.69, 9.17) is 4.74 Å². The molecule has 2 aromatic heterocycles. The summed E-state index contributed by atoms with van der Waals surface area (Å²) in [6.07, 6.45) is 5.82. The SMILES string of the molecule is Cc1cnc(C)c(OC2CC(c3ccn[nH]3)C2)n1. The van der Waals surface area contributed by atoms with Gasteiger partial charge in [0.25, 0.3) is 0 Å². The van der Waals surface area contributed by atoms with Gasteiger partial charge in [-0.25, -0.2) is 4.98 Å². The Morgan fingerprint density at radius 2 is 2.17 bits per heavy atom. The zero-order valence-electron chi connectivity index (χ0n) is 10.6. The van der Waals surface area contributed by atoms with Gasteiger partial charge in [-0.05, 0) is 32.8 Å². The topological polar surface area (TPSA) is 63.7 Å². The fraction of sp³-hybridized carbons (Fsp3) is 0.462. The van der Waals surface area contributed by atoms with Crippen LogP contribution in [0.5, 0.6) is 5.88 Å². The van der Waals surface area contributed by atoms with Crippen molar-refractivity contribution >= 4 is 0 Å². The average molecular weight is 244 g/mol. The third-order valence-electron chi connectivity index (χ3n) is 3.37. The quantitative estimate of drug-likeness (QED) is 0.898. The highest BCUT2D eigenvalue weighted by Gasteiger charge is 2.33. The molecule has 0 aliphatic heterocycles. The second-order valence-electron chi connectivity index (χ2n) is 4.82. The Labute approximate surface area is 106 Å². The largest absolute Gasteiger partial charge is 0.473 e. The van der Waals surface area contributed by atoms with Gasteiger partial charge in [-0.2, -0.15) is 5.10 Å². The van der Waals surface area contributed by atoms with E-state index in [9.17, 15) is 0 Å². The fourth-order valence-electron chi connectivity index (χ4n) is 2.19. The van der Waals surface area contributed by atoms with E-state index >= 15 is 0 Å². The van der Waals surface area contributed by atoms with E-state index in [1.807, 2.05) is 19.9 Å². The van der Waals surface area contributed by atoms with Gasteiger partial charge < -0.3 is 4.74 Å². The minimum atomic E-state index is 0.244. The van der Waals surface area contributed by atoms with Crippen molar-refractivity contribution in [2.24, 2.45) is 0 Å². The predicted molar refractivity (Wildman–Crippen MR) is 66.5 cm³/mol. The third kappa shape index (κ3) is 2.08. The molecule has 0 radical (unpaired) electrons. The molecule has 3 rings (SSSR count). The lowest BCUT2D eigenvalue weighted by Crippen LogP contribution is -2.33. The Morgan fingerprint density at radius 3 is 2.89 bits per heavy atom. The van der Waals surface area contributed by atoms with Crippen molar-refractivity contribution < 1.29 is 4.74 Å². The molecular weight excluding hydrogens is 228 g/mol. The standard InChI is InChI=1S/C13H16N4O/c1-8-7-14-9(2)13(16-8)18-11-5-10(6-11)12-3-4-15-17-12/h3-4,7,10-11H,5-6H2,1-2H3,(H,15,17). The first kappa shape index (κ1) is 11.2. The molecule has 0 unspecified atom stereocenters. The van der Waals surface area contributed by atoms with Gasteiger partial charge >= 0.3 is 0 Å². The van der Waals surface area contributed by atoms with E-state index in [0.29, 0.717) is 11.8 Å². The lowest BCUT2D eigenvalue weighted by Gasteiger charge is -2.34. The van der Waals surface area contributed by atoms with Crippen LogP contribution in [-0.4, -0.2) is 26.3 Å². The number of hydrogen-bond acceptors (Lipinski definition) is 4. The summed E-state index contributed by atoms with van der Waals surface area (Å²) in [5, 5.41) is 6.98. The second-order valence-corrected chi connectivity index (χ2v) is 4.82.